The Bertz CT molecular complexity index is 657. The predicted octanol–water partition coefficient (Wildman–Crippen LogP) is 2.19. The Hall–Kier alpha value is -1.76. The van der Waals surface area contributed by atoms with Gasteiger partial charge < -0.3 is 5.11 Å². The fourth-order valence-electron chi connectivity index (χ4n) is 2.53. The first-order valence-corrected chi connectivity index (χ1v) is 8.24. The zero-order valence-electron chi connectivity index (χ0n) is 12.5. The van der Waals surface area contributed by atoms with E-state index < -0.39 is 12.0 Å². The summed E-state index contributed by atoms with van der Waals surface area (Å²) in [5.41, 5.74) is 1.65. The smallest absolute Gasteiger partial charge is 0.259 e. The van der Waals surface area contributed by atoms with Crippen LogP contribution in [0.25, 0.3) is 0 Å². The lowest BCUT2D eigenvalue weighted by Gasteiger charge is -2.23. The van der Waals surface area contributed by atoms with E-state index in [1.54, 1.807) is 24.3 Å². The Balaban J connectivity index is 1.69. The van der Waals surface area contributed by atoms with E-state index in [0.29, 0.717) is 10.7 Å². The minimum absolute atomic E-state index is 0.440. The van der Waals surface area contributed by atoms with Crippen LogP contribution in [-0.4, -0.2) is 34.0 Å². The summed E-state index contributed by atoms with van der Waals surface area (Å²) in [5.74, 6) is -0.440. The van der Waals surface area contributed by atoms with Gasteiger partial charge in [0.1, 0.15) is 0 Å². The van der Waals surface area contributed by atoms with E-state index >= 15 is 0 Å². The quantitative estimate of drug-likeness (QED) is 0.907. The van der Waals surface area contributed by atoms with Crippen molar-refractivity contribution in [1.82, 2.24) is 9.88 Å². The third-order valence-corrected chi connectivity index (χ3v) is 4.85. The lowest BCUT2D eigenvalue weighted by Crippen LogP contribution is -2.29. The van der Waals surface area contributed by atoms with Crippen molar-refractivity contribution in [3.05, 3.63) is 46.5 Å². The van der Waals surface area contributed by atoms with E-state index in [4.69, 9.17) is 0 Å². The molecular formula is C16H19N3O2S. The lowest BCUT2D eigenvalue weighted by atomic mass is 10.1. The number of fused-ring (bicyclic) bond motifs is 1. The molecule has 6 heteroatoms. The number of hydrogen-bond donors (Lipinski definition) is 2. The molecule has 1 atom stereocenters. The van der Waals surface area contributed by atoms with E-state index in [9.17, 15) is 9.90 Å². The van der Waals surface area contributed by atoms with Crippen molar-refractivity contribution < 1.29 is 9.90 Å². The topological polar surface area (TPSA) is 65.5 Å². The van der Waals surface area contributed by atoms with Gasteiger partial charge in [-0.15, -0.1) is 11.3 Å². The molecule has 0 bridgehead atoms. The van der Waals surface area contributed by atoms with Gasteiger partial charge in [0.25, 0.3) is 5.91 Å². The molecule has 0 spiro atoms. The molecule has 2 heterocycles. The van der Waals surface area contributed by atoms with Gasteiger partial charge in [0, 0.05) is 24.4 Å². The van der Waals surface area contributed by atoms with Crippen molar-refractivity contribution in [2.24, 2.45) is 0 Å². The van der Waals surface area contributed by atoms with E-state index in [2.05, 4.69) is 22.1 Å². The van der Waals surface area contributed by atoms with Crippen molar-refractivity contribution in [2.75, 3.05) is 18.4 Å². The molecule has 0 saturated heterocycles. The maximum Gasteiger partial charge on any atom is 0.259 e. The number of carbonyl (C=O) groups excluding carboxylic acids is 1. The molecular weight excluding hydrogens is 298 g/mol. The summed E-state index contributed by atoms with van der Waals surface area (Å²) in [6.07, 6.45) is -0.258. The first-order chi connectivity index (χ1) is 10.7. The molecule has 1 aliphatic rings. The van der Waals surface area contributed by atoms with Crippen molar-refractivity contribution in [1.29, 1.82) is 0 Å². The molecule has 22 heavy (non-hydrogen) atoms. The van der Waals surface area contributed by atoms with Crippen molar-refractivity contribution in [2.45, 2.75) is 26.0 Å². The average Bonchev–Trinajstić information content (AvgIpc) is 2.95. The van der Waals surface area contributed by atoms with Gasteiger partial charge in [0.2, 0.25) is 0 Å². The van der Waals surface area contributed by atoms with Crippen LogP contribution in [0.15, 0.2) is 30.3 Å². The van der Waals surface area contributed by atoms with Crippen molar-refractivity contribution in [3.63, 3.8) is 0 Å². The van der Waals surface area contributed by atoms with Crippen LogP contribution in [-0.2, 0) is 17.8 Å². The molecule has 0 radical (unpaired) electrons. The van der Waals surface area contributed by atoms with Gasteiger partial charge >= 0.3 is 0 Å². The van der Waals surface area contributed by atoms with Crippen molar-refractivity contribution in [3.8, 4) is 0 Å². The van der Waals surface area contributed by atoms with Crippen LogP contribution in [0.5, 0.6) is 0 Å². The number of aliphatic hydroxyl groups excluding tert-OH is 1. The fraction of sp³-hybridized carbons (Fsp3) is 0.375. The summed E-state index contributed by atoms with van der Waals surface area (Å²) < 4.78 is 0. The number of hydrogen-bond acceptors (Lipinski definition) is 5. The van der Waals surface area contributed by atoms with Crippen LogP contribution in [0.3, 0.4) is 0 Å². The van der Waals surface area contributed by atoms with E-state index in [1.807, 2.05) is 6.07 Å². The number of aliphatic hydroxyl groups is 1. The Labute approximate surface area is 133 Å². The van der Waals surface area contributed by atoms with Gasteiger partial charge in [0.05, 0.1) is 5.69 Å². The highest BCUT2D eigenvalue weighted by molar-refractivity contribution is 7.15. The van der Waals surface area contributed by atoms with Crippen LogP contribution in [0.4, 0.5) is 5.13 Å². The number of aromatic nitrogens is 1. The maximum absolute atomic E-state index is 12.1. The van der Waals surface area contributed by atoms with E-state index in [1.165, 1.54) is 16.2 Å². The highest BCUT2D eigenvalue weighted by Gasteiger charge is 2.22. The normalized spacial score (nSPS) is 16.1. The number of thiazole rings is 1. The number of benzene rings is 1. The first-order valence-electron chi connectivity index (χ1n) is 7.42. The molecule has 2 aromatic rings. The Morgan fingerprint density at radius 3 is 2.95 bits per heavy atom. The van der Waals surface area contributed by atoms with Crippen LogP contribution < -0.4 is 5.32 Å². The Morgan fingerprint density at radius 2 is 2.23 bits per heavy atom. The molecule has 0 saturated carbocycles. The Morgan fingerprint density at radius 1 is 1.45 bits per heavy atom. The van der Waals surface area contributed by atoms with Crippen LogP contribution in [0.2, 0.25) is 0 Å². The van der Waals surface area contributed by atoms with Gasteiger partial charge in [-0.25, -0.2) is 4.98 Å². The number of rotatable bonds is 4. The minimum atomic E-state index is -1.17. The molecule has 1 amide bonds. The number of amides is 1. The van der Waals surface area contributed by atoms with Gasteiger partial charge in [0.15, 0.2) is 11.2 Å². The molecule has 1 aromatic heterocycles. The number of anilines is 1. The summed E-state index contributed by atoms with van der Waals surface area (Å²) in [4.78, 5) is 20.2. The molecule has 1 unspecified atom stereocenters. The second-order valence-electron chi connectivity index (χ2n) is 5.31. The van der Waals surface area contributed by atoms with E-state index in [0.717, 1.165) is 31.7 Å². The van der Waals surface area contributed by atoms with Gasteiger partial charge in [-0.3, -0.25) is 15.0 Å². The summed E-state index contributed by atoms with van der Waals surface area (Å²) >= 11 is 1.50. The second kappa shape index (κ2) is 6.56. The zero-order valence-corrected chi connectivity index (χ0v) is 13.3. The third kappa shape index (κ3) is 3.19. The summed E-state index contributed by atoms with van der Waals surface area (Å²) in [6.45, 7) is 5.06. The van der Waals surface area contributed by atoms with Gasteiger partial charge in [-0.05, 0) is 12.1 Å². The number of nitrogens with zero attached hydrogens (tertiary/aromatic N) is 2. The maximum atomic E-state index is 12.1. The molecule has 0 fully saturated rings. The highest BCUT2D eigenvalue weighted by atomic mass is 32.1. The van der Waals surface area contributed by atoms with Crippen LogP contribution in [0.1, 0.15) is 29.2 Å². The SMILES string of the molecule is CCN1CCc2nc(NC(=O)C(O)c3ccccc3)sc2C1. The van der Waals surface area contributed by atoms with E-state index in [-0.39, 0.29) is 0 Å². The van der Waals surface area contributed by atoms with Crippen LogP contribution >= 0.6 is 11.3 Å². The molecule has 0 aliphatic carbocycles. The monoisotopic (exact) mass is 317 g/mol. The first kappa shape index (κ1) is 15.1. The average molecular weight is 317 g/mol. The number of carbonyl (C=O) groups is 1. The van der Waals surface area contributed by atoms with Crippen molar-refractivity contribution >= 4 is 22.4 Å². The fourth-order valence-corrected chi connectivity index (χ4v) is 3.59. The lowest BCUT2D eigenvalue weighted by molar-refractivity contribution is -0.124. The molecule has 116 valence electrons. The van der Waals surface area contributed by atoms with Gasteiger partial charge in [-0.1, -0.05) is 37.3 Å². The summed E-state index contributed by atoms with van der Waals surface area (Å²) in [6, 6.07) is 8.91. The third-order valence-electron chi connectivity index (χ3n) is 3.85. The molecule has 1 aromatic carbocycles. The summed E-state index contributed by atoms with van der Waals surface area (Å²) in [7, 11) is 0. The van der Waals surface area contributed by atoms with Crippen LogP contribution in [0, 0.1) is 0 Å². The Kier molecular flexibility index (Phi) is 4.52. The van der Waals surface area contributed by atoms with Gasteiger partial charge in [-0.2, -0.15) is 0 Å². The number of nitrogens with one attached hydrogen (secondary N) is 1. The summed E-state index contributed by atoms with van der Waals surface area (Å²) in [5, 5.41) is 13.4. The standard InChI is InChI=1S/C16H19N3O2S/c1-2-19-9-8-12-13(10-19)22-16(17-12)18-15(21)14(20)11-6-4-3-5-7-11/h3-7,14,20H,2,8-10H2,1H3,(H,17,18,21). The predicted molar refractivity (Wildman–Crippen MR) is 86.8 cm³/mol. The highest BCUT2D eigenvalue weighted by Crippen LogP contribution is 2.28. The molecule has 2 N–H and O–H groups in total. The zero-order chi connectivity index (χ0) is 15.5. The second-order valence-corrected chi connectivity index (χ2v) is 6.39. The minimum Gasteiger partial charge on any atom is -0.378 e. The molecule has 1 aliphatic heterocycles. The molecule has 3 rings (SSSR count). The number of likely N-dealkylation sites (N-methyl/N-ethyl adjacent to an activating group) is 1. The molecule has 5 nitrogen and oxygen atoms in total. The largest absolute Gasteiger partial charge is 0.378 e.